The average molecular weight is 615 g/mol. The van der Waals surface area contributed by atoms with Crippen molar-refractivity contribution >= 4 is 33.3 Å². The number of benzene rings is 3. The van der Waals surface area contributed by atoms with Gasteiger partial charge in [0.1, 0.15) is 23.4 Å². The van der Waals surface area contributed by atoms with Gasteiger partial charge in [0.2, 0.25) is 0 Å². The zero-order valence-electron chi connectivity index (χ0n) is 24.3. The van der Waals surface area contributed by atoms with Gasteiger partial charge in [0.25, 0.3) is 15.9 Å². The summed E-state index contributed by atoms with van der Waals surface area (Å²) in [6.07, 6.45) is -0.561. The molecule has 43 heavy (non-hydrogen) atoms. The van der Waals surface area contributed by atoms with Gasteiger partial charge in [-0.15, -0.1) is 0 Å². The molecule has 3 N–H and O–H groups in total. The maximum atomic E-state index is 13.7. The van der Waals surface area contributed by atoms with Gasteiger partial charge in [0, 0.05) is 30.9 Å². The number of aliphatic hydroxyl groups excluding tert-OH is 1. The van der Waals surface area contributed by atoms with Crippen molar-refractivity contribution in [1.29, 1.82) is 0 Å². The molecule has 0 unspecified atom stereocenters. The van der Waals surface area contributed by atoms with E-state index in [1.165, 1.54) is 28.0 Å². The zero-order chi connectivity index (χ0) is 31.3. The number of nitrogens with zero attached hydrogens (tertiary/aromatic N) is 2. The third-order valence-corrected chi connectivity index (χ3v) is 8.58. The van der Waals surface area contributed by atoms with E-state index in [1.807, 2.05) is 6.92 Å². The molecule has 0 aromatic heterocycles. The normalized spacial score (nSPS) is 17.5. The molecule has 3 aromatic carbocycles. The minimum Gasteiger partial charge on any atom is -0.497 e. The van der Waals surface area contributed by atoms with E-state index in [2.05, 4.69) is 10.0 Å². The summed E-state index contributed by atoms with van der Waals surface area (Å²) in [5.74, 6) is -0.419. The third-order valence-electron chi connectivity index (χ3n) is 7.18. The van der Waals surface area contributed by atoms with Crippen molar-refractivity contribution < 1.29 is 37.0 Å². The third kappa shape index (κ3) is 7.54. The van der Waals surface area contributed by atoms with Crippen molar-refractivity contribution in [2.45, 2.75) is 30.9 Å². The van der Waals surface area contributed by atoms with Crippen LogP contribution in [0.25, 0.3) is 0 Å². The summed E-state index contributed by atoms with van der Waals surface area (Å²) in [6, 6.07) is 14.6. The van der Waals surface area contributed by atoms with Crippen LogP contribution in [0.5, 0.6) is 11.5 Å². The lowest BCUT2D eigenvalue weighted by Gasteiger charge is -2.38. The minimum atomic E-state index is -4.08. The Kier molecular flexibility index (Phi) is 9.77. The van der Waals surface area contributed by atoms with Crippen molar-refractivity contribution in [1.82, 2.24) is 9.80 Å². The minimum absolute atomic E-state index is 0.0850. The Balaban J connectivity index is 1.59. The summed E-state index contributed by atoms with van der Waals surface area (Å²) < 4.78 is 53.0. The number of hydrogen-bond acceptors (Lipinski definition) is 7. The van der Waals surface area contributed by atoms with Crippen LogP contribution in [0.4, 0.5) is 20.6 Å². The van der Waals surface area contributed by atoms with E-state index >= 15 is 0 Å². The van der Waals surface area contributed by atoms with Crippen LogP contribution in [0.2, 0.25) is 0 Å². The van der Waals surface area contributed by atoms with Crippen LogP contribution >= 0.6 is 0 Å². The number of nitrogens with one attached hydrogen (secondary N) is 2. The maximum absolute atomic E-state index is 13.7. The highest BCUT2D eigenvalue weighted by atomic mass is 32.2. The largest absolute Gasteiger partial charge is 0.497 e. The van der Waals surface area contributed by atoms with E-state index in [0.29, 0.717) is 11.4 Å². The molecule has 1 aliphatic rings. The molecule has 1 heterocycles. The summed E-state index contributed by atoms with van der Waals surface area (Å²) in [6.45, 7) is 3.68. The van der Waals surface area contributed by atoms with Crippen molar-refractivity contribution in [3.8, 4) is 11.5 Å². The van der Waals surface area contributed by atoms with E-state index in [-0.39, 0.29) is 53.5 Å². The lowest BCUT2D eigenvalue weighted by Crippen LogP contribution is -2.50. The number of aliphatic hydroxyl groups is 1. The molecule has 230 valence electrons. The summed E-state index contributed by atoms with van der Waals surface area (Å²) in [7, 11) is -0.900. The van der Waals surface area contributed by atoms with Gasteiger partial charge < -0.3 is 29.7 Å². The van der Waals surface area contributed by atoms with Crippen molar-refractivity contribution in [3.63, 3.8) is 0 Å². The Morgan fingerprint density at radius 1 is 1.14 bits per heavy atom. The summed E-state index contributed by atoms with van der Waals surface area (Å²) >= 11 is 0. The molecule has 3 aromatic rings. The molecule has 11 nitrogen and oxygen atoms in total. The second-order valence-electron chi connectivity index (χ2n) is 10.4. The van der Waals surface area contributed by atoms with E-state index in [9.17, 15) is 27.5 Å². The van der Waals surface area contributed by atoms with E-state index in [4.69, 9.17) is 9.47 Å². The SMILES string of the molecule is COc1ccc(NC(=O)N(C)C[C@H]2Oc3ccc(NS(=O)(=O)c4ccc(F)cc4)cc3C(=O)N([C@@H](C)CO)C[C@H]2C)cc1. The van der Waals surface area contributed by atoms with Crippen molar-refractivity contribution in [2.75, 3.05) is 43.9 Å². The van der Waals surface area contributed by atoms with Gasteiger partial charge in [-0.1, -0.05) is 6.92 Å². The predicted octanol–water partition coefficient (Wildman–Crippen LogP) is 4.02. The number of carbonyl (C=O) groups is 2. The van der Waals surface area contributed by atoms with Crippen LogP contribution in [0.1, 0.15) is 24.2 Å². The fourth-order valence-electron chi connectivity index (χ4n) is 4.58. The van der Waals surface area contributed by atoms with Crippen LogP contribution in [0, 0.1) is 11.7 Å². The number of methoxy groups -OCH3 is 1. The van der Waals surface area contributed by atoms with Gasteiger partial charge in [-0.2, -0.15) is 0 Å². The molecule has 0 bridgehead atoms. The number of anilines is 2. The van der Waals surface area contributed by atoms with Gasteiger partial charge in [-0.05, 0) is 73.7 Å². The topological polar surface area (TPSA) is 138 Å². The highest BCUT2D eigenvalue weighted by molar-refractivity contribution is 7.92. The average Bonchev–Trinajstić information content (AvgIpc) is 2.99. The number of urea groups is 1. The molecule has 0 saturated carbocycles. The predicted molar refractivity (Wildman–Crippen MR) is 159 cm³/mol. The van der Waals surface area contributed by atoms with Crippen LogP contribution < -0.4 is 19.5 Å². The highest BCUT2D eigenvalue weighted by Gasteiger charge is 2.34. The molecular formula is C30H35FN4O7S. The smallest absolute Gasteiger partial charge is 0.321 e. The number of ether oxygens (including phenoxy) is 2. The molecule has 3 atom stereocenters. The summed E-state index contributed by atoms with van der Waals surface area (Å²) in [5.41, 5.74) is 0.762. The van der Waals surface area contributed by atoms with E-state index in [1.54, 1.807) is 45.3 Å². The first-order valence-electron chi connectivity index (χ1n) is 13.6. The molecule has 0 aliphatic carbocycles. The number of carbonyl (C=O) groups excluding carboxylic acids is 2. The van der Waals surface area contributed by atoms with Crippen molar-refractivity contribution in [3.05, 3.63) is 78.1 Å². The molecule has 0 radical (unpaired) electrons. The van der Waals surface area contributed by atoms with Gasteiger partial charge >= 0.3 is 6.03 Å². The quantitative estimate of drug-likeness (QED) is 0.331. The number of fused-ring (bicyclic) bond motifs is 1. The Morgan fingerprint density at radius 3 is 2.42 bits per heavy atom. The van der Waals surface area contributed by atoms with E-state index < -0.39 is 33.9 Å². The fraction of sp³-hybridized carbons (Fsp3) is 0.333. The van der Waals surface area contributed by atoms with Crippen LogP contribution in [-0.4, -0.2) is 81.3 Å². The summed E-state index contributed by atoms with van der Waals surface area (Å²) in [4.78, 5) is 29.5. The Bertz CT molecular complexity index is 1550. The highest BCUT2D eigenvalue weighted by Crippen LogP contribution is 2.31. The fourth-order valence-corrected chi connectivity index (χ4v) is 5.63. The number of sulfonamides is 1. The van der Waals surface area contributed by atoms with Gasteiger partial charge in [0.15, 0.2) is 0 Å². The summed E-state index contributed by atoms with van der Waals surface area (Å²) in [5, 5.41) is 12.7. The Labute approximate surface area is 250 Å². The standard InChI is InChI=1S/C30H35FN4O7S/c1-19-16-35(20(2)18-36)29(37)26-15-23(33-43(39,40)25-12-5-21(31)6-13-25)9-14-27(26)42-28(19)17-34(3)30(38)32-22-7-10-24(41-4)11-8-22/h5-15,19-20,28,33,36H,16-18H2,1-4H3,(H,32,38)/t19-,20+,28-/m1/s1. The molecule has 4 rings (SSSR count). The van der Waals surface area contributed by atoms with Crippen LogP contribution in [-0.2, 0) is 10.0 Å². The van der Waals surface area contributed by atoms with Gasteiger partial charge in [0.05, 0.1) is 36.8 Å². The molecule has 3 amide bonds. The Morgan fingerprint density at radius 2 is 1.79 bits per heavy atom. The number of likely N-dealkylation sites (N-methyl/N-ethyl adjacent to an activating group) is 1. The molecule has 0 fully saturated rings. The zero-order valence-corrected chi connectivity index (χ0v) is 25.1. The lowest BCUT2D eigenvalue weighted by atomic mass is 9.99. The molecule has 1 aliphatic heterocycles. The van der Waals surface area contributed by atoms with Gasteiger partial charge in [-0.3, -0.25) is 9.52 Å². The van der Waals surface area contributed by atoms with Gasteiger partial charge in [-0.25, -0.2) is 17.6 Å². The number of hydrogen-bond donors (Lipinski definition) is 3. The van der Waals surface area contributed by atoms with Crippen molar-refractivity contribution in [2.24, 2.45) is 5.92 Å². The number of rotatable bonds is 9. The first-order chi connectivity index (χ1) is 20.4. The first-order valence-corrected chi connectivity index (χ1v) is 15.1. The van der Waals surface area contributed by atoms with Crippen LogP contribution in [0.15, 0.2) is 71.6 Å². The van der Waals surface area contributed by atoms with E-state index in [0.717, 1.165) is 24.3 Å². The van der Waals surface area contributed by atoms with Crippen LogP contribution in [0.3, 0.4) is 0 Å². The number of halogens is 1. The Hall–Kier alpha value is -4.36. The number of amides is 3. The molecular weight excluding hydrogens is 579 g/mol. The lowest BCUT2D eigenvalue weighted by molar-refractivity contribution is 0.0371. The second-order valence-corrected chi connectivity index (χ2v) is 12.1. The molecule has 0 saturated heterocycles. The molecule has 13 heteroatoms. The first kappa shape index (κ1) is 31.6. The maximum Gasteiger partial charge on any atom is 0.321 e. The monoisotopic (exact) mass is 614 g/mol. The molecule has 0 spiro atoms. The second kappa shape index (κ2) is 13.3.